The first-order valence-electron chi connectivity index (χ1n) is 9.97. The minimum Gasteiger partial charge on any atom is -0.497 e. The highest BCUT2D eigenvalue weighted by atomic mass is 19.1. The van der Waals surface area contributed by atoms with E-state index in [1.807, 2.05) is 0 Å². The quantitative estimate of drug-likeness (QED) is 0.291. The van der Waals surface area contributed by atoms with Crippen molar-refractivity contribution in [3.05, 3.63) is 92.4 Å². The molecule has 4 rings (SSSR count). The predicted octanol–water partition coefficient (Wildman–Crippen LogP) is 2.00. The molecule has 0 amide bonds. The second-order valence-electron chi connectivity index (χ2n) is 7.05. The van der Waals surface area contributed by atoms with Crippen LogP contribution in [0.25, 0.3) is 5.82 Å². The molecule has 0 spiro atoms. The van der Waals surface area contributed by atoms with Gasteiger partial charge in [-0.15, -0.1) is 5.10 Å². The van der Waals surface area contributed by atoms with Gasteiger partial charge >= 0.3 is 5.69 Å². The Morgan fingerprint density at radius 3 is 2.59 bits per heavy atom. The average molecular weight is 465 g/mol. The zero-order chi connectivity index (χ0) is 24.2. The molecule has 2 aromatic heterocycles. The first-order chi connectivity index (χ1) is 16.4. The van der Waals surface area contributed by atoms with Crippen LogP contribution in [0.1, 0.15) is 23.0 Å². The molecule has 0 aliphatic carbocycles. The molecule has 0 saturated carbocycles. The third kappa shape index (κ3) is 4.28. The minimum absolute atomic E-state index is 0.0142. The molecule has 11 nitrogen and oxygen atoms in total. The van der Waals surface area contributed by atoms with Gasteiger partial charge in [-0.2, -0.15) is 4.68 Å². The number of halogens is 1. The van der Waals surface area contributed by atoms with Crippen molar-refractivity contribution in [3.63, 3.8) is 0 Å². The monoisotopic (exact) mass is 465 g/mol. The van der Waals surface area contributed by atoms with Gasteiger partial charge in [0.2, 0.25) is 5.82 Å². The van der Waals surface area contributed by atoms with Crippen molar-refractivity contribution in [3.8, 4) is 17.3 Å². The lowest BCUT2D eigenvalue weighted by Gasteiger charge is -2.20. The van der Waals surface area contributed by atoms with Crippen molar-refractivity contribution in [1.29, 1.82) is 5.41 Å². The van der Waals surface area contributed by atoms with Crippen LogP contribution in [-0.4, -0.2) is 45.2 Å². The highest BCUT2D eigenvalue weighted by Crippen LogP contribution is 2.34. The SMILES string of the molecule is COc1cc(OC)c(F)c(C(Nc2ccc(C=N)cc2)c2nn(-c3ncc[nH]c3=O)c(=O)[nH]2)c1. The van der Waals surface area contributed by atoms with Gasteiger partial charge < -0.3 is 25.2 Å². The maximum Gasteiger partial charge on any atom is 0.349 e. The van der Waals surface area contributed by atoms with Crippen molar-refractivity contribution in [2.75, 3.05) is 19.5 Å². The summed E-state index contributed by atoms with van der Waals surface area (Å²) in [6.45, 7) is 0. The molecule has 1 atom stereocenters. The lowest BCUT2D eigenvalue weighted by molar-refractivity contribution is 0.370. The first-order valence-corrected chi connectivity index (χ1v) is 9.97. The fourth-order valence-corrected chi connectivity index (χ4v) is 3.31. The number of anilines is 1. The van der Waals surface area contributed by atoms with Gasteiger partial charge in [-0.05, 0) is 23.8 Å². The number of nitrogens with one attached hydrogen (secondary N) is 4. The second-order valence-corrected chi connectivity index (χ2v) is 7.05. The summed E-state index contributed by atoms with van der Waals surface area (Å²) in [5.41, 5.74) is -0.0570. The van der Waals surface area contributed by atoms with Gasteiger partial charge in [0.05, 0.1) is 14.2 Å². The normalized spacial score (nSPS) is 11.6. The molecule has 4 N–H and O–H groups in total. The zero-order valence-corrected chi connectivity index (χ0v) is 18.1. The van der Waals surface area contributed by atoms with Crippen molar-refractivity contribution in [2.24, 2.45) is 0 Å². The Bertz CT molecular complexity index is 1440. The van der Waals surface area contributed by atoms with Crippen LogP contribution in [0.5, 0.6) is 11.5 Å². The van der Waals surface area contributed by atoms with E-state index in [-0.39, 0.29) is 23.0 Å². The number of methoxy groups -OCH3 is 2. The fourth-order valence-electron chi connectivity index (χ4n) is 3.31. The van der Waals surface area contributed by atoms with Crippen molar-refractivity contribution >= 4 is 11.9 Å². The van der Waals surface area contributed by atoms with Crippen LogP contribution < -0.4 is 26.0 Å². The van der Waals surface area contributed by atoms with E-state index in [1.54, 1.807) is 24.3 Å². The topological polar surface area (TPSA) is 151 Å². The molecule has 0 saturated heterocycles. The van der Waals surface area contributed by atoms with Crippen LogP contribution in [0.15, 0.2) is 58.4 Å². The molecule has 12 heteroatoms. The number of rotatable bonds is 8. The summed E-state index contributed by atoms with van der Waals surface area (Å²) in [6.07, 6.45) is 3.83. The van der Waals surface area contributed by atoms with E-state index in [0.717, 1.165) is 4.68 Å². The van der Waals surface area contributed by atoms with Gasteiger partial charge in [0, 0.05) is 35.9 Å². The van der Waals surface area contributed by atoms with Crippen LogP contribution in [0, 0.1) is 11.2 Å². The molecule has 174 valence electrons. The Morgan fingerprint density at radius 2 is 1.94 bits per heavy atom. The summed E-state index contributed by atoms with van der Waals surface area (Å²) in [5, 5.41) is 14.7. The molecular formula is C22H20FN7O4. The van der Waals surface area contributed by atoms with Gasteiger partial charge in [0.15, 0.2) is 17.4 Å². The smallest absolute Gasteiger partial charge is 0.349 e. The van der Waals surface area contributed by atoms with E-state index < -0.39 is 23.1 Å². The van der Waals surface area contributed by atoms with Crippen LogP contribution >= 0.6 is 0 Å². The Labute approximate surface area is 191 Å². The third-order valence-corrected chi connectivity index (χ3v) is 4.99. The van der Waals surface area contributed by atoms with Crippen molar-refractivity contribution in [2.45, 2.75) is 6.04 Å². The summed E-state index contributed by atoms with van der Waals surface area (Å²) in [7, 11) is 2.75. The standard InChI is InChI=1S/C22H20FN7O4/c1-33-14-9-15(17(23)16(10-14)34-2)18(27-13-5-3-12(11-24)4-6-13)19-28-22(32)30(29-19)20-21(31)26-8-7-25-20/h3-11,18,24,27H,1-2H3,(H,26,31)(H,28,29,32). The number of hydrogen-bond donors (Lipinski definition) is 4. The minimum atomic E-state index is -1.02. The van der Waals surface area contributed by atoms with Gasteiger partial charge in [-0.1, -0.05) is 12.1 Å². The number of H-pyrrole nitrogens is 2. The fraction of sp³-hybridized carbons (Fsp3) is 0.136. The molecule has 0 aliphatic heterocycles. The molecule has 4 aromatic rings. The lowest BCUT2D eigenvalue weighted by Crippen LogP contribution is -2.25. The Morgan fingerprint density at radius 1 is 1.18 bits per heavy atom. The Kier molecular flexibility index (Phi) is 6.21. The number of aromatic amines is 2. The van der Waals surface area contributed by atoms with Gasteiger partial charge in [-0.3, -0.25) is 9.78 Å². The Balaban J connectivity index is 1.88. The number of nitrogens with zero attached hydrogens (tertiary/aromatic N) is 3. The summed E-state index contributed by atoms with van der Waals surface area (Å²) >= 11 is 0. The maximum atomic E-state index is 15.4. The maximum absolute atomic E-state index is 15.4. The van der Waals surface area contributed by atoms with E-state index >= 15 is 4.39 Å². The predicted molar refractivity (Wildman–Crippen MR) is 122 cm³/mol. The van der Waals surface area contributed by atoms with E-state index in [4.69, 9.17) is 14.9 Å². The molecule has 0 bridgehead atoms. The van der Waals surface area contributed by atoms with Crippen molar-refractivity contribution in [1.82, 2.24) is 24.7 Å². The van der Waals surface area contributed by atoms with E-state index in [2.05, 4.69) is 25.4 Å². The summed E-state index contributed by atoms with van der Waals surface area (Å²) in [4.78, 5) is 33.7. The molecule has 1 unspecified atom stereocenters. The van der Waals surface area contributed by atoms with Crippen LogP contribution in [0.4, 0.5) is 10.1 Å². The summed E-state index contributed by atoms with van der Waals surface area (Å²) in [6, 6.07) is 8.61. The van der Waals surface area contributed by atoms with E-state index in [1.165, 1.54) is 45.0 Å². The van der Waals surface area contributed by atoms with Crippen LogP contribution in [0.3, 0.4) is 0 Å². The molecule has 0 aliphatic rings. The molecule has 2 heterocycles. The van der Waals surface area contributed by atoms with Gasteiger partial charge in [-0.25, -0.2) is 14.2 Å². The molecule has 0 fully saturated rings. The first kappa shape index (κ1) is 22.5. The highest BCUT2D eigenvalue weighted by Gasteiger charge is 2.27. The van der Waals surface area contributed by atoms with Crippen LogP contribution in [-0.2, 0) is 0 Å². The zero-order valence-electron chi connectivity index (χ0n) is 18.1. The molecule has 2 aromatic carbocycles. The second kappa shape index (κ2) is 9.40. The van der Waals surface area contributed by atoms with E-state index in [9.17, 15) is 9.59 Å². The highest BCUT2D eigenvalue weighted by molar-refractivity contribution is 5.77. The number of hydrogen-bond acceptors (Lipinski definition) is 8. The third-order valence-electron chi connectivity index (χ3n) is 4.99. The Hall–Kier alpha value is -4.74. The van der Waals surface area contributed by atoms with Crippen molar-refractivity contribution < 1.29 is 13.9 Å². The average Bonchev–Trinajstić information content (AvgIpc) is 3.24. The van der Waals surface area contributed by atoms with Gasteiger partial charge in [0.1, 0.15) is 11.8 Å². The number of aromatic nitrogens is 5. The largest absolute Gasteiger partial charge is 0.497 e. The number of ether oxygens (including phenoxy) is 2. The summed E-state index contributed by atoms with van der Waals surface area (Å²) in [5.74, 6) is -0.665. The number of benzene rings is 2. The molecular weight excluding hydrogens is 445 g/mol. The van der Waals surface area contributed by atoms with E-state index in [0.29, 0.717) is 17.0 Å². The molecule has 34 heavy (non-hydrogen) atoms. The summed E-state index contributed by atoms with van der Waals surface area (Å²) < 4.78 is 26.6. The lowest BCUT2D eigenvalue weighted by atomic mass is 10.0. The van der Waals surface area contributed by atoms with Crippen LogP contribution in [0.2, 0.25) is 0 Å². The molecule has 0 radical (unpaired) electrons. The van der Waals surface area contributed by atoms with Gasteiger partial charge in [0.25, 0.3) is 5.56 Å².